The zero-order chi connectivity index (χ0) is 20.2. The van der Waals surface area contributed by atoms with Crippen LogP contribution in [0.3, 0.4) is 0 Å². The molecule has 2 aliphatic rings. The van der Waals surface area contributed by atoms with E-state index in [1.165, 1.54) is 8.61 Å². The van der Waals surface area contributed by atoms with Gasteiger partial charge in [-0.15, -0.1) is 11.3 Å². The second-order valence-corrected chi connectivity index (χ2v) is 11.8. The van der Waals surface area contributed by atoms with E-state index in [0.717, 1.165) is 11.3 Å². The molecule has 0 saturated carbocycles. The molecule has 0 amide bonds. The van der Waals surface area contributed by atoms with E-state index < -0.39 is 25.8 Å². The minimum atomic E-state index is -3.77. The van der Waals surface area contributed by atoms with Gasteiger partial charge in [0.15, 0.2) is 5.76 Å². The molecular weight excluding hydrogens is 426 g/mol. The van der Waals surface area contributed by atoms with Crippen molar-refractivity contribution in [1.29, 1.82) is 0 Å². The third-order valence-corrected chi connectivity index (χ3v) is 10.7. The maximum atomic E-state index is 13.0. The number of hydrogen-bond acceptors (Lipinski definition) is 8. The quantitative estimate of drug-likeness (QED) is 0.699. The van der Waals surface area contributed by atoms with Gasteiger partial charge in [-0.05, 0) is 25.3 Å². The van der Waals surface area contributed by atoms with Gasteiger partial charge in [-0.1, -0.05) is 11.2 Å². The van der Waals surface area contributed by atoms with Crippen LogP contribution in [-0.2, 0) is 24.8 Å². The van der Waals surface area contributed by atoms with Gasteiger partial charge in [0, 0.05) is 32.5 Å². The fourth-order valence-corrected chi connectivity index (χ4v) is 8.45. The lowest BCUT2D eigenvalue weighted by Gasteiger charge is -2.42. The lowest BCUT2D eigenvalue weighted by Crippen LogP contribution is -2.55. The van der Waals surface area contributed by atoms with Crippen molar-refractivity contribution in [2.75, 3.05) is 26.2 Å². The van der Waals surface area contributed by atoms with Gasteiger partial charge >= 0.3 is 0 Å². The molecule has 1 spiro atoms. The Balaban J connectivity index is 1.58. The van der Waals surface area contributed by atoms with E-state index in [4.69, 9.17) is 9.26 Å². The summed E-state index contributed by atoms with van der Waals surface area (Å²) < 4.78 is 66.0. The van der Waals surface area contributed by atoms with Gasteiger partial charge < -0.3 is 9.26 Å². The molecule has 0 aliphatic carbocycles. The fourth-order valence-electron chi connectivity index (χ4n) is 3.89. The molecule has 0 atom stereocenters. The minimum Gasteiger partial charge on any atom is -0.360 e. The Morgan fingerprint density at radius 1 is 1.11 bits per heavy atom. The van der Waals surface area contributed by atoms with Crippen molar-refractivity contribution >= 4 is 31.4 Å². The summed E-state index contributed by atoms with van der Waals surface area (Å²) in [5.74, 6) is 0.247. The van der Waals surface area contributed by atoms with Crippen molar-refractivity contribution in [2.24, 2.45) is 0 Å². The van der Waals surface area contributed by atoms with Crippen LogP contribution < -0.4 is 0 Å². The number of aryl methyl sites for hydroxylation is 2. The molecule has 0 N–H and O–H groups in total. The molecule has 154 valence electrons. The number of rotatable bonds is 4. The molecule has 0 aromatic carbocycles. The average molecular weight is 448 g/mol. The van der Waals surface area contributed by atoms with Crippen LogP contribution in [0.4, 0.5) is 0 Å². The number of nitrogens with zero attached hydrogens (tertiary/aromatic N) is 3. The maximum Gasteiger partial charge on any atom is 0.255 e. The number of ether oxygens (including phenoxy) is 1. The maximum absolute atomic E-state index is 13.0. The summed E-state index contributed by atoms with van der Waals surface area (Å²) in [5, 5.41) is 5.45. The number of piperidine rings is 1. The van der Waals surface area contributed by atoms with Gasteiger partial charge in [-0.3, -0.25) is 0 Å². The Bertz CT molecular complexity index is 1050. The van der Waals surface area contributed by atoms with E-state index >= 15 is 0 Å². The molecule has 2 aromatic rings. The topological polar surface area (TPSA) is 110 Å². The molecular formula is C16H21N3O6S3. The van der Waals surface area contributed by atoms with Crippen LogP contribution in [0, 0.1) is 13.8 Å². The summed E-state index contributed by atoms with van der Waals surface area (Å²) in [4.78, 5) is 0.0823. The highest BCUT2D eigenvalue weighted by Gasteiger charge is 2.52. The van der Waals surface area contributed by atoms with E-state index in [2.05, 4.69) is 5.16 Å². The number of aromatic nitrogens is 1. The van der Waals surface area contributed by atoms with Gasteiger partial charge in [0.25, 0.3) is 10.0 Å². The van der Waals surface area contributed by atoms with Crippen molar-refractivity contribution in [3.8, 4) is 0 Å². The van der Waals surface area contributed by atoms with E-state index in [0.29, 0.717) is 12.3 Å². The first-order valence-corrected chi connectivity index (χ1v) is 12.6. The summed E-state index contributed by atoms with van der Waals surface area (Å²) >= 11 is 1.16. The SMILES string of the molecule is Cc1noc(C)c1S(=O)(=O)N1CCC2(CC1)OCCN2S(=O)(=O)c1cccs1. The highest BCUT2D eigenvalue weighted by atomic mass is 32.2. The zero-order valence-corrected chi connectivity index (χ0v) is 17.9. The molecule has 2 aromatic heterocycles. The third-order valence-electron chi connectivity index (χ3n) is 5.23. The molecule has 0 radical (unpaired) electrons. The lowest BCUT2D eigenvalue weighted by molar-refractivity contribution is -0.0806. The monoisotopic (exact) mass is 447 g/mol. The largest absolute Gasteiger partial charge is 0.360 e. The Labute approximate surface area is 168 Å². The van der Waals surface area contributed by atoms with Gasteiger partial charge in [-0.25, -0.2) is 16.8 Å². The van der Waals surface area contributed by atoms with Crippen molar-refractivity contribution in [1.82, 2.24) is 13.8 Å². The summed E-state index contributed by atoms with van der Waals surface area (Å²) in [5.41, 5.74) is -0.690. The normalized spacial score (nSPS) is 21.5. The number of hydrogen-bond donors (Lipinski definition) is 0. The summed E-state index contributed by atoms with van der Waals surface area (Å²) in [6, 6.07) is 3.27. The first-order chi connectivity index (χ1) is 13.2. The van der Waals surface area contributed by atoms with Crippen LogP contribution in [0.15, 0.2) is 31.1 Å². The second-order valence-electron chi connectivity index (χ2n) is 6.86. The number of sulfonamides is 2. The summed E-state index contributed by atoms with van der Waals surface area (Å²) in [6.45, 7) is 4.02. The minimum absolute atomic E-state index is 0.0823. The van der Waals surface area contributed by atoms with Gasteiger partial charge in [0.05, 0.1) is 6.61 Å². The van der Waals surface area contributed by atoms with Crippen LogP contribution in [0.2, 0.25) is 0 Å². The fraction of sp³-hybridized carbons (Fsp3) is 0.562. The van der Waals surface area contributed by atoms with Gasteiger partial charge in [-0.2, -0.15) is 8.61 Å². The Morgan fingerprint density at radius 2 is 1.82 bits per heavy atom. The van der Waals surface area contributed by atoms with E-state index in [1.807, 2.05) is 0 Å². The Morgan fingerprint density at radius 3 is 2.39 bits per heavy atom. The average Bonchev–Trinajstić information content (AvgIpc) is 3.37. The molecule has 12 heteroatoms. The highest BCUT2D eigenvalue weighted by molar-refractivity contribution is 7.91. The molecule has 2 aliphatic heterocycles. The van der Waals surface area contributed by atoms with Crippen molar-refractivity contribution < 1.29 is 26.1 Å². The second kappa shape index (κ2) is 6.89. The molecule has 2 saturated heterocycles. The summed E-state index contributed by atoms with van der Waals surface area (Å²) in [6.07, 6.45) is 0.528. The summed E-state index contributed by atoms with van der Waals surface area (Å²) in [7, 11) is -7.45. The van der Waals surface area contributed by atoms with E-state index in [1.54, 1.807) is 31.4 Å². The Kier molecular flexibility index (Phi) is 4.91. The van der Waals surface area contributed by atoms with Crippen LogP contribution in [0.25, 0.3) is 0 Å². The predicted octanol–water partition coefficient (Wildman–Crippen LogP) is 1.55. The molecule has 28 heavy (non-hydrogen) atoms. The molecule has 0 unspecified atom stereocenters. The highest BCUT2D eigenvalue weighted by Crippen LogP contribution is 2.40. The molecule has 4 heterocycles. The van der Waals surface area contributed by atoms with Crippen molar-refractivity contribution in [3.63, 3.8) is 0 Å². The smallest absolute Gasteiger partial charge is 0.255 e. The molecule has 9 nitrogen and oxygen atoms in total. The first kappa shape index (κ1) is 20.0. The third kappa shape index (κ3) is 3.02. The first-order valence-electron chi connectivity index (χ1n) is 8.82. The van der Waals surface area contributed by atoms with Crippen LogP contribution in [0.5, 0.6) is 0 Å². The lowest BCUT2D eigenvalue weighted by atomic mass is 10.0. The molecule has 0 bridgehead atoms. The predicted molar refractivity (Wildman–Crippen MR) is 101 cm³/mol. The molecule has 2 fully saturated rings. The van der Waals surface area contributed by atoms with E-state index in [-0.39, 0.29) is 47.3 Å². The van der Waals surface area contributed by atoms with Crippen molar-refractivity contribution in [2.45, 2.75) is 41.5 Å². The van der Waals surface area contributed by atoms with Gasteiger partial charge in [0.1, 0.15) is 20.5 Å². The molecule has 4 rings (SSSR count). The Hall–Kier alpha value is -1.31. The van der Waals surface area contributed by atoms with Gasteiger partial charge in [0.2, 0.25) is 10.0 Å². The van der Waals surface area contributed by atoms with Crippen LogP contribution >= 0.6 is 11.3 Å². The van der Waals surface area contributed by atoms with Crippen LogP contribution in [-0.4, -0.2) is 62.6 Å². The standard InChI is InChI=1S/C16H21N3O6S3/c1-12-15(13(2)25-17-12)28(22,23)18-7-5-16(6-8-18)19(9-10-24-16)27(20,21)14-4-3-11-26-14/h3-4,11H,5-10H2,1-2H3. The van der Waals surface area contributed by atoms with Crippen molar-refractivity contribution in [3.05, 3.63) is 29.0 Å². The zero-order valence-electron chi connectivity index (χ0n) is 15.5. The number of thiophene rings is 1. The van der Waals surface area contributed by atoms with E-state index in [9.17, 15) is 16.8 Å². The van der Waals surface area contributed by atoms with Crippen LogP contribution in [0.1, 0.15) is 24.3 Å².